The van der Waals surface area contributed by atoms with E-state index in [9.17, 15) is 19.2 Å². The standard InChI is InChI=1S/C7H11NO6.C4H9NO3.C3H8O2/c8-4(7(12)13)3-14-6(11)2-1-5(9)10;1-2(6)3(5)4(7)8;1-3(5)2-4/h4H,1-3,8H2,(H,9,10)(H,12,13);2-3,6H,5H2,1H3,(H,7,8);3-5H,2H2,1H3/t4-;2-,3+;/m01./s1. The summed E-state index contributed by atoms with van der Waals surface area (Å²) in [4.78, 5) is 40.8. The number of carbonyl (C=O) groups is 4. The molecule has 0 radical (unpaired) electrons. The molecule has 0 heterocycles. The van der Waals surface area contributed by atoms with Crippen LogP contribution < -0.4 is 11.5 Å². The summed E-state index contributed by atoms with van der Waals surface area (Å²) in [6.07, 6.45) is -2.18. The molecule has 13 heteroatoms. The number of ether oxygens (including phenoxy) is 1. The van der Waals surface area contributed by atoms with E-state index in [2.05, 4.69) is 4.74 Å². The molecule has 160 valence electrons. The SMILES string of the molecule is CC(O)CO.C[C@@H](O)[C@H](N)C(=O)O.N[C@@H](COC(=O)CCC(=O)O)C(=O)O. The summed E-state index contributed by atoms with van der Waals surface area (Å²) in [5.74, 6) is -4.36. The van der Waals surface area contributed by atoms with E-state index in [-0.39, 0.29) is 19.4 Å². The monoisotopic (exact) mass is 400 g/mol. The summed E-state index contributed by atoms with van der Waals surface area (Å²) >= 11 is 0. The Hall–Kier alpha value is -2.32. The van der Waals surface area contributed by atoms with Gasteiger partial charge in [0, 0.05) is 0 Å². The maximum absolute atomic E-state index is 10.7. The third kappa shape index (κ3) is 23.7. The van der Waals surface area contributed by atoms with Crippen molar-refractivity contribution >= 4 is 23.9 Å². The molecule has 0 saturated carbocycles. The number of aliphatic hydroxyl groups excluding tert-OH is 3. The first-order chi connectivity index (χ1) is 12.3. The summed E-state index contributed by atoms with van der Waals surface area (Å²) in [5, 5.41) is 49.1. The number of carbonyl (C=O) groups excluding carboxylic acids is 1. The molecule has 0 rings (SSSR count). The lowest BCUT2D eigenvalue weighted by Gasteiger charge is -2.06. The zero-order valence-corrected chi connectivity index (χ0v) is 15.0. The largest absolute Gasteiger partial charge is 0.481 e. The fourth-order valence-electron chi connectivity index (χ4n) is 0.742. The Morgan fingerprint density at radius 2 is 1.37 bits per heavy atom. The van der Waals surface area contributed by atoms with Crippen LogP contribution in [-0.4, -0.2) is 92.0 Å². The van der Waals surface area contributed by atoms with E-state index >= 15 is 0 Å². The lowest BCUT2D eigenvalue weighted by atomic mass is 10.2. The zero-order valence-electron chi connectivity index (χ0n) is 15.0. The van der Waals surface area contributed by atoms with Crippen LogP contribution >= 0.6 is 0 Å². The van der Waals surface area contributed by atoms with Crippen molar-refractivity contribution in [1.29, 1.82) is 0 Å². The van der Waals surface area contributed by atoms with Crippen molar-refractivity contribution < 1.29 is 54.6 Å². The first-order valence-corrected chi connectivity index (χ1v) is 7.57. The highest BCUT2D eigenvalue weighted by Crippen LogP contribution is 1.93. The van der Waals surface area contributed by atoms with Crippen molar-refractivity contribution in [3.8, 4) is 0 Å². The second-order valence-corrected chi connectivity index (χ2v) is 5.16. The normalized spacial score (nSPS) is 14.0. The summed E-state index contributed by atoms with van der Waals surface area (Å²) in [5.41, 5.74) is 9.94. The molecule has 4 atom stereocenters. The lowest BCUT2D eigenvalue weighted by Crippen LogP contribution is -2.39. The number of carboxylic acids is 3. The summed E-state index contributed by atoms with van der Waals surface area (Å²) in [6.45, 7) is 2.27. The number of esters is 1. The smallest absolute Gasteiger partial charge is 0.324 e. The van der Waals surface area contributed by atoms with Gasteiger partial charge in [0.25, 0.3) is 0 Å². The van der Waals surface area contributed by atoms with Gasteiger partial charge in [-0.15, -0.1) is 0 Å². The van der Waals surface area contributed by atoms with Gasteiger partial charge >= 0.3 is 23.9 Å². The van der Waals surface area contributed by atoms with Gasteiger partial charge in [-0.25, -0.2) is 0 Å². The van der Waals surface area contributed by atoms with Gasteiger partial charge < -0.3 is 46.8 Å². The van der Waals surface area contributed by atoms with Crippen LogP contribution in [0.5, 0.6) is 0 Å². The van der Waals surface area contributed by atoms with E-state index in [0.29, 0.717) is 0 Å². The topological polar surface area (TPSA) is 251 Å². The molecular formula is C14H28N2O11. The molecule has 0 aromatic rings. The number of rotatable bonds is 9. The molecule has 0 amide bonds. The maximum Gasteiger partial charge on any atom is 0.324 e. The second-order valence-electron chi connectivity index (χ2n) is 5.16. The minimum atomic E-state index is -1.28. The minimum absolute atomic E-state index is 0.139. The molecule has 27 heavy (non-hydrogen) atoms. The Balaban J connectivity index is -0.000000372. The summed E-state index contributed by atoms with van der Waals surface area (Å²) in [6, 6.07) is -2.43. The lowest BCUT2D eigenvalue weighted by molar-refractivity contribution is -0.150. The van der Waals surface area contributed by atoms with Crippen LogP contribution in [0.25, 0.3) is 0 Å². The van der Waals surface area contributed by atoms with E-state index < -0.39 is 54.8 Å². The zero-order chi connectivity index (χ0) is 22.2. The number of aliphatic carboxylic acids is 3. The number of carboxylic acid groups (broad SMARTS) is 3. The van der Waals surface area contributed by atoms with Gasteiger partial charge in [0.05, 0.1) is 31.7 Å². The molecule has 0 aromatic heterocycles. The van der Waals surface area contributed by atoms with Crippen LogP contribution in [0.4, 0.5) is 0 Å². The second kappa shape index (κ2) is 17.1. The number of aliphatic hydroxyl groups is 3. The average molecular weight is 400 g/mol. The Bertz CT molecular complexity index is 454. The quantitative estimate of drug-likeness (QED) is 0.179. The average Bonchev–Trinajstić information content (AvgIpc) is 2.57. The Morgan fingerprint density at radius 3 is 1.59 bits per heavy atom. The molecule has 0 aliphatic carbocycles. The number of hydrogen-bond acceptors (Lipinski definition) is 10. The molecule has 13 nitrogen and oxygen atoms in total. The van der Waals surface area contributed by atoms with Crippen molar-refractivity contribution in [3.63, 3.8) is 0 Å². The highest BCUT2D eigenvalue weighted by Gasteiger charge is 2.16. The van der Waals surface area contributed by atoms with E-state index in [1.54, 1.807) is 0 Å². The fraction of sp³-hybridized carbons (Fsp3) is 0.714. The molecule has 0 aliphatic heterocycles. The first kappa shape index (κ1) is 29.4. The van der Waals surface area contributed by atoms with E-state index in [0.717, 1.165) is 0 Å². The van der Waals surface area contributed by atoms with E-state index in [1.165, 1.54) is 13.8 Å². The van der Waals surface area contributed by atoms with Crippen LogP contribution in [0.1, 0.15) is 26.7 Å². The molecule has 10 N–H and O–H groups in total. The molecular weight excluding hydrogens is 372 g/mol. The molecule has 0 aliphatic rings. The highest BCUT2D eigenvalue weighted by molar-refractivity contribution is 5.77. The van der Waals surface area contributed by atoms with Gasteiger partial charge in [0.1, 0.15) is 18.7 Å². The van der Waals surface area contributed by atoms with Crippen LogP contribution in [0, 0.1) is 0 Å². The maximum atomic E-state index is 10.7. The summed E-state index contributed by atoms with van der Waals surface area (Å²) < 4.78 is 4.41. The minimum Gasteiger partial charge on any atom is -0.481 e. The molecule has 0 aromatic carbocycles. The van der Waals surface area contributed by atoms with Crippen molar-refractivity contribution in [1.82, 2.24) is 0 Å². The van der Waals surface area contributed by atoms with Crippen molar-refractivity contribution in [2.45, 2.75) is 51.0 Å². The van der Waals surface area contributed by atoms with E-state index in [4.69, 9.17) is 42.1 Å². The van der Waals surface area contributed by atoms with Gasteiger partial charge in [0.15, 0.2) is 0 Å². The van der Waals surface area contributed by atoms with Crippen molar-refractivity contribution in [2.24, 2.45) is 11.5 Å². The van der Waals surface area contributed by atoms with Crippen LogP contribution in [0.2, 0.25) is 0 Å². The predicted octanol–water partition coefficient (Wildman–Crippen LogP) is -3.06. The van der Waals surface area contributed by atoms with Crippen molar-refractivity contribution in [3.05, 3.63) is 0 Å². The molecule has 0 saturated heterocycles. The first-order valence-electron chi connectivity index (χ1n) is 7.57. The Morgan fingerprint density at radius 1 is 0.926 bits per heavy atom. The van der Waals surface area contributed by atoms with Gasteiger partial charge in [0.2, 0.25) is 0 Å². The molecule has 0 bridgehead atoms. The Labute approximate surface area is 155 Å². The molecule has 0 spiro atoms. The summed E-state index contributed by atoms with van der Waals surface area (Å²) in [7, 11) is 0. The van der Waals surface area contributed by atoms with Crippen molar-refractivity contribution in [2.75, 3.05) is 13.2 Å². The fourth-order valence-corrected chi connectivity index (χ4v) is 0.742. The van der Waals surface area contributed by atoms with Gasteiger partial charge in [-0.05, 0) is 13.8 Å². The van der Waals surface area contributed by atoms with Crippen LogP contribution in [0.3, 0.4) is 0 Å². The van der Waals surface area contributed by atoms with Gasteiger partial charge in [-0.1, -0.05) is 0 Å². The van der Waals surface area contributed by atoms with Crippen LogP contribution in [0.15, 0.2) is 0 Å². The van der Waals surface area contributed by atoms with Gasteiger partial charge in [-0.3, -0.25) is 19.2 Å². The highest BCUT2D eigenvalue weighted by atomic mass is 16.5. The third-order valence-corrected chi connectivity index (χ3v) is 2.35. The Kier molecular flexibility index (Phi) is 18.7. The predicted molar refractivity (Wildman–Crippen MR) is 89.5 cm³/mol. The molecule has 0 fully saturated rings. The number of hydrogen-bond donors (Lipinski definition) is 8. The van der Waals surface area contributed by atoms with Crippen LogP contribution in [-0.2, 0) is 23.9 Å². The third-order valence-electron chi connectivity index (χ3n) is 2.35. The number of nitrogens with two attached hydrogens (primary N) is 2. The van der Waals surface area contributed by atoms with E-state index in [1.807, 2.05) is 0 Å². The van der Waals surface area contributed by atoms with Gasteiger partial charge in [-0.2, -0.15) is 0 Å². The molecule has 1 unspecified atom stereocenters.